The van der Waals surface area contributed by atoms with E-state index in [1.807, 2.05) is 6.92 Å². The van der Waals surface area contributed by atoms with Crippen LogP contribution in [0.1, 0.15) is 54.6 Å². The number of ether oxygens (including phenoxy) is 2. The van der Waals surface area contributed by atoms with Crippen LogP contribution in [-0.2, 0) is 21.2 Å². The van der Waals surface area contributed by atoms with Crippen molar-refractivity contribution < 1.29 is 35.9 Å². The highest BCUT2D eigenvalue weighted by Gasteiger charge is 2.31. The van der Waals surface area contributed by atoms with E-state index in [0.29, 0.717) is 40.7 Å². The molecule has 3 aromatic rings. The number of carbonyl (C=O) groups is 1. The number of hydrogen-bond donors (Lipinski definition) is 1. The zero-order chi connectivity index (χ0) is 27.5. The zero-order valence-corrected chi connectivity index (χ0v) is 21.7. The minimum atomic E-state index is -4.78. The van der Waals surface area contributed by atoms with Crippen LogP contribution in [0.2, 0.25) is 0 Å². The molecule has 0 radical (unpaired) electrons. The first-order chi connectivity index (χ1) is 17.3. The number of rotatable bonds is 8. The lowest BCUT2D eigenvalue weighted by molar-refractivity contribution is -0.274. The molecule has 37 heavy (non-hydrogen) atoms. The molecule has 3 rings (SSSR count). The Labute approximate surface area is 214 Å². The van der Waals surface area contributed by atoms with E-state index in [2.05, 4.69) is 4.74 Å². The molecular formula is C27H28F3NO5S. The molecular weight excluding hydrogens is 507 g/mol. The lowest BCUT2D eigenvalue weighted by Gasteiger charge is -2.23. The first kappa shape index (κ1) is 28.2. The lowest BCUT2D eigenvalue weighted by Crippen LogP contribution is -2.21. The summed E-state index contributed by atoms with van der Waals surface area (Å²) < 4.78 is 72.0. The maximum absolute atomic E-state index is 12.9. The van der Waals surface area contributed by atoms with Crippen molar-refractivity contribution in [1.29, 1.82) is 0 Å². The molecule has 10 heteroatoms. The molecule has 0 saturated carbocycles. The molecule has 198 valence electrons. The van der Waals surface area contributed by atoms with Crippen molar-refractivity contribution in [2.24, 2.45) is 5.14 Å². The van der Waals surface area contributed by atoms with Crippen molar-refractivity contribution in [2.75, 3.05) is 7.11 Å². The molecule has 2 N–H and O–H groups in total. The van der Waals surface area contributed by atoms with E-state index < -0.39 is 22.4 Å². The van der Waals surface area contributed by atoms with E-state index in [1.54, 1.807) is 44.2 Å². The third-order valence-electron chi connectivity index (χ3n) is 5.78. The van der Waals surface area contributed by atoms with E-state index >= 15 is 0 Å². The first-order valence-corrected chi connectivity index (χ1v) is 13.1. The van der Waals surface area contributed by atoms with Gasteiger partial charge < -0.3 is 9.47 Å². The second-order valence-electron chi connectivity index (χ2n) is 8.79. The minimum Gasteiger partial charge on any atom is -0.465 e. The molecule has 0 aliphatic rings. The van der Waals surface area contributed by atoms with Gasteiger partial charge in [-0.15, -0.1) is 13.2 Å². The summed E-state index contributed by atoms with van der Waals surface area (Å²) in [6, 6.07) is 14.0. The van der Waals surface area contributed by atoms with E-state index in [9.17, 15) is 26.4 Å². The Morgan fingerprint density at radius 2 is 1.49 bits per heavy atom. The van der Waals surface area contributed by atoms with Crippen LogP contribution in [0.3, 0.4) is 0 Å². The maximum Gasteiger partial charge on any atom is 0.573 e. The van der Waals surface area contributed by atoms with Gasteiger partial charge in [-0.05, 0) is 58.4 Å². The Hall–Kier alpha value is -3.37. The monoisotopic (exact) mass is 535 g/mol. The smallest absolute Gasteiger partial charge is 0.465 e. The van der Waals surface area contributed by atoms with Crippen LogP contribution in [0.15, 0.2) is 59.5 Å². The van der Waals surface area contributed by atoms with Crippen LogP contribution in [0.5, 0.6) is 5.75 Å². The molecule has 0 saturated heterocycles. The third-order valence-corrected chi connectivity index (χ3v) is 6.78. The highest BCUT2D eigenvalue weighted by molar-refractivity contribution is 7.89. The summed E-state index contributed by atoms with van der Waals surface area (Å²) in [7, 11) is -3.02. The average molecular weight is 536 g/mol. The van der Waals surface area contributed by atoms with Gasteiger partial charge in [0, 0.05) is 5.56 Å². The largest absolute Gasteiger partial charge is 0.573 e. The number of alkyl halides is 3. The summed E-state index contributed by atoms with van der Waals surface area (Å²) in [4.78, 5) is 12.5. The number of primary sulfonamides is 1. The molecule has 3 aromatic carbocycles. The highest BCUT2D eigenvalue weighted by Crippen LogP contribution is 2.40. The van der Waals surface area contributed by atoms with Crippen molar-refractivity contribution in [1.82, 2.24) is 0 Å². The summed E-state index contributed by atoms with van der Waals surface area (Å²) in [5, 5.41) is 5.72. The number of hydrogen-bond acceptors (Lipinski definition) is 5. The number of benzene rings is 3. The summed E-state index contributed by atoms with van der Waals surface area (Å²) in [5.41, 5.74) is 3.42. The molecule has 0 unspecified atom stereocenters. The van der Waals surface area contributed by atoms with Gasteiger partial charge in [-0.25, -0.2) is 18.4 Å². The first-order valence-electron chi connectivity index (χ1n) is 11.5. The number of methoxy groups -OCH3 is 1. The highest BCUT2D eigenvalue weighted by atomic mass is 32.2. The van der Waals surface area contributed by atoms with Gasteiger partial charge in [0.05, 0.1) is 17.6 Å². The standard InChI is InChI=1S/C27H28F3NO5S/c1-5-6-20-15-22(26(32)35-4)23(16(2)3)25(37(31,33)34)24(20)19-9-7-17(8-10-19)18-11-13-21(14-12-18)36-27(28,29)30/h7-16H,5-6H2,1-4H3,(H2,31,33,34). The molecule has 0 atom stereocenters. The normalized spacial score (nSPS) is 12.0. The fourth-order valence-corrected chi connectivity index (χ4v) is 5.52. The summed E-state index contributed by atoms with van der Waals surface area (Å²) in [6.07, 6.45) is -3.61. The van der Waals surface area contributed by atoms with Crippen molar-refractivity contribution in [3.05, 3.63) is 71.3 Å². The van der Waals surface area contributed by atoms with Gasteiger partial charge in [0.1, 0.15) is 5.75 Å². The van der Waals surface area contributed by atoms with Gasteiger partial charge in [0.15, 0.2) is 0 Å². The van der Waals surface area contributed by atoms with Gasteiger partial charge in [0.2, 0.25) is 10.0 Å². The molecule has 0 heterocycles. The predicted molar refractivity (Wildman–Crippen MR) is 135 cm³/mol. The van der Waals surface area contributed by atoms with Crippen molar-refractivity contribution in [3.63, 3.8) is 0 Å². The second kappa shape index (κ2) is 10.9. The SMILES string of the molecule is CCCc1cc(C(=O)OC)c(C(C)C)c(S(N)(=O)=O)c1-c1ccc(-c2ccc(OC(F)(F)F)cc2)cc1. The van der Waals surface area contributed by atoms with Gasteiger partial charge in [-0.2, -0.15) is 0 Å². The summed E-state index contributed by atoms with van der Waals surface area (Å²) in [6.45, 7) is 5.48. The number of aryl methyl sites for hydroxylation is 1. The molecule has 0 aliphatic heterocycles. The number of esters is 1. The Kier molecular flexibility index (Phi) is 8.34. The fraction of sp³-hybridized carbons (Fsp3) is 0.296. The number of halogens is 3. The molecule has 0 aromatic heterocycles. The van der Waals surface area contributed by atoms with Crippen molar-refractivity contribution in [2.45, 2.75) is 50.8 Å². The zero-order valence-electron chi connectivity index (χ0n) is 20.8. The van der Waals surface area contributed by atoms with Crippen LogP contribution >= 0.6 is 0 Å². The Balaban J connectivity index is 2.19. The van der Waals surface area contributed by atoms with Crippen LogP contribution in [0.4, 0.5) is 13.2 Å². The topological polar surface area (TPSA) is 95.7 Å². The van der Waals surface area contributed by atoms with Crippen LogP contribution in [0, 0.1) is 0 Å². The van der Waals surface area contributed by atoms with Gasteiger partial charge in [0.25, 0.3) is 0 Å². The lowest BCUT2D eigenvalue weighted by atomic mass is 9.87. The third kappa shape index (κ3) is 6.50. The molecule has 0 bridgehead atoms. The van der Waals surface area contributed by atoms with E-state index in [-0.39, 0.29) is 27.7 Å². The molecule has 0 fully saturated rings. The van der Waals surface area contributed by atoms with Crippen LogP contribution in [0.25, 0.3) is 22.3 Å². The van der Waals surface area contributed by atoms with Crippen molar-refractivity contribution in [3.8, 4) is 28.0 Å². The molecule has 0 aliphatic carbocycles. The molecule has 0 amide bonds. The minimum absolute atomic E-state index is 0.116. The number of carbonyl (C=O) groups excluding carboxylic acids is 1. The summed E-state index contributed by atoms with van der Waals surface area (Å²) in [5.74, 6) is -1.33. The van der Waals surface area contributed by atoms with Crippen LogP contribution < -0.4 is 9.88 Å². The Morgan fingerprint density at radius 1 is 0.973 bits per heavy atom. The maximum atomic E-state index is 12.9. The van der Waals surface area contributed by atoms with Gasteiger partial charge in [-0.3, -0.25) is 0 Å². The van der Waals surface area contributed by atoms with E-state index in [1.165, 1.54) is 31.4 Å². The molecule has 0 spiro atoms. The van der Waals surface area contributed by atoms with Crippen molar-refractivity contribution >= 4 is 16.0 Å². The quantitative estimate of drug-likeness (QED) is 0.336. The second-order valence-corrected chi connectivity index (χ2v) is 10.3. The fourth-order valence-electron chi connectivity index (χ4n) is 4.34. The van der Waals surface area contributed by atoms with E-state index in [0.717, 1.165) is 0 Å². The number of nitrogens with two attached hydrogens (primary N) is 1. The Morgan fingerprint density at radius 3 is 1.92 bits per heavy atom. The summed E-state index contributed by atoms with van der Waals surface area (Å²) >= 11 is 0. The number of sulfonamides is 1. The average Bonchev–Trinajstić information content (AvgIpc) is 2.82. The predicted octanol–water partition coefficient (Wildman–Crippen LogP) is 6.43. The van der Waals surface area contributed by atoms with Gasteiger partial charge in [-0.1, -0.05) is 63.6 Å². The van der Waals surface area contributed by atoms with Gasteiger partial charge >= 0.3 is 12.3 Å². The Bertz CT molecular complexity index is 1380. The molecule has 6 nitrogen and oxygen atoms in total. The van der Waals surface area contributed by atoms with E-state index in [4.69, 9.17) is 9.88 Å². The van der Waals surface area contributed by atoms with Crippen LogP contribution in [-0.4, -0.2) is 27.9 Å².